The molecule has 3 amide bonds. The van der Waals surface area contributed by atoms with Crippen molar-refractivity contribution in [2.45, 2.75) is 32.2 Å². The van der Waals surface area contributed by atoms with E-state index < -0.39 is 5.97 Å². The molecule has 1 aliphatic carbocycles. The largest absolute Gasteiger partial charge is 0.478 e. The maximum atomic E-state index is 11.6. The van der Waals surface area contributed by atoms with Crippen LogP contribution in [0.25, 0.3) is 0 Å². The van der Waals surface area contributed by atoms with Gasteiger partial charge in [-0.1, -0.05) is 18.6 Å². The van der Waals surface area contributed by atoms with Crippen LogP contribution in [-0.2, 0) is 11.3 Å². The lowest BCUT2D eigenvalue weighted by molar-refractivity contribution is -0.127. The van der Waals surface area contributed by atoms with E-state index in [0.29, 0.717) is 26.1 Å². The standard InChI is InChI=1S/C17H23N3O4/c21-15(13-3-1-4-13)18-9-2-10-19-17(24)20-11-12-5-7-14(8-6-12)16(22)23/h5-8,13H,1-4,9-11H2,(H,18,21)(H,22,23)(H2,19,20,24). The highest BCUT2D eigenvalue weighted by atomic mass is 16.4. The number of hydrogen-bond acceptors (Lipinski definition) is 3. The first-order valence-electron chi connectivity index (χ1n) is 8.18. The van der Waals surface area contributed by atoms with Crippen molar-refractivity contribution in [1.29, 1.82) is 0 Å². The van der Waals surface area contributed by atoms with Crippen LogP contribution >= 0.6 is 0 Å². The van der Waals surface area contributed by atoms with Gasteiger partial charge < -0.3 is 21.1 Å². The molecule has 0 bridgehead atoms. The van der Waals surface area contributed by atoms with Gasteiger partial charge in [0.1, 0.15) is 0 Å². The molecule has 24 heavy (non-hydrogen) atoms. The highest BCUT2D eigenvalue weighted by molar-refractivity contribution is 5.87. The fourth-order valence-electron chi connectivity index (χ4n) is 2.33. The zero-order valence-electron chi connectivity index (χ0n) is 13.5. The number of aromatic carboxylic acids is 1. The van der Waals surface area contributed by atoms with Gasteiger partial charge in [-0.2, -0.15) is 0 Å². The maximum absolute atomic E-state index is 11.6. The van der Waals surface area contributed by atoms with E-state index in [9.17, 15) is 14.4 Å². The smallest absolute Gasteiger partial charge is 0.335 e. The third kappa shape index (κ3) is 5.57. The quantitative estimate of drug-likeness (QED) is 0.541. The first-order valence-corrected chi connectivity index (χ1v) is 8.18. The summed E-state index contributed by atoms with van der Waals surface area (Å²) in [5.41, 5.74) is 1.04. The van der Waals surface area contributed by atoms with Crippen LogP contribution in [0.4, 0.5) is 4.79 Å². The summed E-state index contributed by atoms with van der Waals surface area (Å²) in [5.74, 6) is -0.666. The summed E-state index contributed by atoms with van der Waals surface area (Å²) in [5, 5.41) is 17.1. The molecule has 0 heterocycles. The zero-order valence-corrected chi connectivity index (χ0v) is 13.5. The van der Waals surface area contributed by atoms with Gasteiger partial charge in [0.05, 0.1) is 5.56 Å². The fraction of sp³-hybridized carbons (Fsp3) is 0.471. The number of rotatable bonds is 8. The molecule has 0 saturated heterocycles. The molecule has 0 aromatic heterocycles. The van der Waals surface area contributed by atoms with Crippen molar-refractivity contribution < 1.29 is 19.5 Å². The average Bonchev–Trinajstić information content (AvgIpc) is 2.51. The second-order valence-electron chi connectivity index (χ2n) is 5.88. The molecule has 0 unspecified atom stereocenters. The molecule has 1 saturated carbocycles. The van der Waals surface area contributed by atoms with E-state index in [-0.39, 0.29) is 23.4 Å². The van der Waals surface area contributed by atoms with E-state index in [0.717, 1.165) is 24.8 Å². The minimum Gasteiger partial charge on any atom is -0.478 e. The molecule has 7 heteroatoms. The van der Waals surface area contributed by atoms with Crippen LogP contribution in [0.1, 0.15) is 41.6 Å². The topological polar surface area (TPSA) is 108 Å². The fourth-order valence-corrected chi connectivity index (χ4v) is 2.33. The van der Waals surface area contributed by atoms with Crippen LogP contribution < -0.4 is 16.0 Å². The van der Waals surface area contributed by atoms with E-state index in [1.54, 1.807) is 12.1 Å². The van der Waals surface area contributed by atoms with Crippen LogP contribution in [0.15, 0.2) is 24.3 Å². The van der Waals surface area contributed by atoms with Crippen molar-refractivity contribution in [2.24, 2.45) is 5.92 Å². The summed E-state index contributed by atoms with van der Waals surface area (Å²) in [6.07, 6.45) is 3.79. The Labute approximate surface area is 140 Å². The Kier molecular flexibility index (Phi) is 6.60. The number of carboxylic acids is 1. The summed E-state index contributed by atoms with van der Waals surface area (Å²) in [6.45, 7) is 1.37. The SMILES string of the molecule is O=C(NCCCNC(=O)C1CCC1)NCc1ccc(C(=O)O)cc1. The van der Waals surface area contributed by atoms with Gasteiger partial charge in [0.2, 0.25) is 5.91 Å². The van der Waals surface area contributed by atoms with E-state index in [1.165, 1.54) is 12.1 Å². The molecule has 0 atom stereocenters. The third-order valence-electron chi connectivity index (χ3n) is 4.07. The van der Waals surface area contributed by atoms with Crippen molar-refractivity contribution in [3.05, 3.63) is 35.4 Å². The molecule has 1 fully saturated rings. The lowest BCUT2D eigenvalue weighted by Crippen LogP contribution is -2.38. The van der Waals surface area contributed by atoms with Gasteiger partial charge in [-0.15, -0.1) is 0 Å². The number of hydrogen-bond donors (Lipinski definition) is 4. The Morgan fingerprint density at radius 1 is 1.00 bits per heavy atom. The monoisotopic (exact) mass is 333 g/mol. The predicted octanol–water partition coefficient (Wildman–Crippen LogP) is 1.49. The van der Waals surface area contributed by atoms with Crippen molar-refractivity contribution in [3.8, 4) is 0 Å². The normalized spacial score (nSPS) is 13.7. The second kappa shape index (κ2) is 8.90. The van der Waals surface area contributed by atoms with Gasteiger partial charge in [-0.05, 0) is 37.0 Å². The number of carbonyl (C=O) groups is 3. The predicted molar refractivity (Wildman–Crippen MR) is 88.6 cm³/mol. The summed E-state index contributed by atoms with van der Waals surface area (Å²) < 4.78 is 0. The molecular formula is C17H23N3O4. The first-order chi connectivity index (χ1) is 11.6. The van der Waals surface area contributed by atoms with Crippen molar-refractivity contribution in [1.82, 2.24) is 16.0 Å². The lowest BCUT2D eigenvalue weighted by Gasteiger charge is -2.23. The van der Waals surface area contributed by atoms with Gasteiger partial charge in [0.15, 0.2) is 0 Å². The zero-order chi connectivity index (χ0) is 17.4. The van der Waals surface area contributed by atoms with E-state index in [4.69, 9.17) is 5.11 Å². The second-order valence-corrected chi connectivity index (χ2v) is 5.88. The lowest BCUT2D eigenvalue weighted by atomic mass is 9.85. The highest BCUT2D eigenvalue weighted by Crippen LogP contribution is 2.25. The Balaban J connectivity index is 1.54. The maximum Gasteiger partial charge on any atom is 0.335 e. The molecule has 0 radical (unpaired) electrons. The summed E-state index contributed by atoms with van der Waals surface area (Å²) >= 11 is 0. The summed E-state index contributed by atoms with van der Waals surface area (Å²) in [6, 6.07) is 6.05. The van der Waals surface area contributed by atoms with Crippen molar-refractivity contribution in [3.63, 3.8) is 0 Å². The number of carbonyl (C=O) groups excluding carboxylic acids is 2. The van der Waals surface area contributed by atoms with Gasteiger partial charge in [0.25, 0.3) is 0 Å². The van der Waals surface area contributed by atoms with Crippen LogP contribution in [0, 0.1) is 5.92 Å². The van der Waals surface area contributed by atoms with Crippen LogP contribution in [0.5, 0.6) is 0 Å². The number of carboxylic acid groups (broad SMARTS) is 1. The minimum absolute atomic E-state index is 0.121. The molecule has 1 aromatic carbocycles. The number of amides is 3. The highest BCUT2D eigenvalue weighted by Gasteiger charge is 2.24. The van der Waals surface area contributed by atoms with Crippen LogP contribution in [0.2, 0.25) is 0 Å². The Morgan fingerprint density at radius 3 is 2.25 bits per heavy atom. The molecule has 1 aromatic rings. The molecule has 0 spiro atoms. The molecule has 7 nitrogen and oxygen atoms in total. The van der Waals surface area contributed by atoms with E-state index in [2.05, 4.69) is 16.0 Å². The molecule has 2 rings (SSSR count). The summed E-state index contributed by atoms with van der Waals surface area (Å²) in [4.78, 5) is 34.0. The van der Waals surface area contributed by atoms with Gasteiger partial charge in [-0.25, -0.2) is 9.59 Å². The van der Waals surface area contributed by atoms with Crippen molar-refractivity contribution in [2.75, 3.05) is 13.1 Å². The number of urea groups is 1. The number of nitrogens with one attached hydrogen (secondary N) is 3. The Bertz CT molecular complexity index is 582. The van der Waals surface area contributed by atoms with Gasteiger partial charge >= 0.3 is 12.0 Å². The third-order valence-corrected chi connectivity index (χ3v) is 4.07. The first kappa shape index (κ1) is 17.8. The summed E-state index contributed by atoms with van der Waals surface area (Å²) in [7, 11) is 0. The number of benzene rings is 1. The molecular weight excluding hydrogens is 310 g/mol. The Morgan fingerprint density at radius 2 is 1.67 bits per heavy atom. The van der Waals surface area contributed by atoms with E-state index in [1.807, 2.05) is 0 Å². The van der Waals surface area contributed by atoms with E-state index >= 15 is 0 Å². The molecule has 4 N–H and O–H groups in total. The minimum atomic E-state index is -0.975. The average molecular weight is 333 g/mol. The molecule has 1 aliphatic rings. The molecule has 130 valence electrons. The Hall–Kier alpha value is -2.57. The van der Waals surface area contributed by atoms with Gasteiger partial charge in [0, 0.05) is 25.6 Å². The van der Waals surface area contributed by atoms with Crippen LogP contribution in [0.3, 0.4) is 0 Å². The molecule has 0 aliphatic heterocycles. The van der Waals surface area contributed by atoms with Crippen LogP contribution in [-0.4, -0.2) is 36.1 Å². The van der Waals surface area contributed by atoms with Crippen molar-refractivity contribution >= 4 is 17.9 Å². The van der Waals surface area contributed by atoms with Gasteiger partial charge in [-0.3, -0.25) is 4.79 Å².